The second kappa shape index (κ2) is 6.60. The molecule has 0 spiro atoms. The summed E-state index contributed by atoms with van der Waals surface area (Å²) in [6.07, 6.45) is 0.728. The van der Waals surface area contributed by atoms with Crippen molar-refractivity contribution in [3.8, 4) is 0 Å². The van der Waals surface area contributed by atoms with Crippen LogP contribution in [0.5, 0.6) is 0 Å². The Morgan fingerprint density at radius 3 is 2.75 bits per heavy atom. The molecular weight excluding hydrogens is 385 g/mol. The Bertz CT molecular complexity index is 1010. The van der Waals surface area contributed by atoms with Gasteiger partial charge in [-0.15, -0.1) is 0 Å². The fraction of sp³-hybridized carbons (Fsp3) is 0.250. The summed E-state index contributed by atoms with van der Waals surface area (Å²) in [5, 5.41) is 2.51. The van der Waals surface area contributed by atoms with Crippen molar-refractivity contribution in [2.75, 3.05) is 16.8 Å². The number of carbonyl (C=O) groups excluding carboxylic acids is 3. The summed E-state index contributed by atoms with van der Waals surface area (Å²) in [5.74, 6) is -1.44. The van der Waals surface area contributed by atoms with E-state index < -0.39 is 17.4 Å². The minimum absolute atomic E-state index is 0.0850. The smallest absolute Gasteiger partial charge is 0.258 e. The van der Waals surface area contributed by atoms with Crippen molar-refractivity contribution in [3.63, 3.8) is 0 Å². The molecule has 1 fully saturated rings. The summed E-state index contributed by atoms with van der Waals surface area (Å²) in [5.41, 5.74) is 0.360. The Labute approximate surface area is 165 Å². The highest BCUT2D eigenvalue weighted by Crippen LogP contribution is 2.43. The van der Waals surface area contributed by atoms with E-state index in [1.165, 1.54) is 17.0 Å². The Morgan fingerprint density at radius 1 is 1.25 bits per heavy atom. The fourth-order valence-electron chi connectivity index (χ4n) is 3.86. The lowest BCUT2D eigenvalue weighted by Gasteiger charge is -2.48. The Balaban J connectivity index is 1.63. The van der Waals surface area contributed by atoms with Gasteiger partial charge in [0.1, 0.15) is 18.0 Å². The molecule has 3 amide bonds. The van der Waals surface area contributed by atoms with Gasteiger partial charge in [-0.05, 0) is 43.7 Å². The Morgan fingerprint density at radius 2 is 2.00 bits per heavy atom. The van der Waals surface area contributed by atoms with Crippen LogP contribution < -0.4 is 10.2 Å². The molecule has 1 atom stereocenters. The van der Waals surface area contributed by atoms with Gasteiger partial charge in [0.25, 0.3) is 5.91 Å². The number of carbonyl (C=O) groups is 3. The van der Waals surface area contributed by atoms with Crippen LogP contribution in [0.1, 0.15) is 30.1 Å². The molecule has 0 saturated carbocycles. The number of rotatable bonds is 3. The zero-order valence-corrected chi connectivity index (χ0v) is 15.8. The van der Waals surface area contributed by atoms with E-state index in [-0.39, 0.29) is 23.4 Å². The summed E-state index contributed by atoms with van der Waals surface area (Å²) in [7, 11) is 0. The zero-order valence-electron chi connectivity index (χ0n) is 15.0. The number of hydrogen-bond acceptors (Lipinski definition) is 3. The van der Waals surface area contributed by atoms with Gasteiger partial charge in [-0.3, -0.25) is 19.3 Å². The number of amides is 3. The van der Waals surface area contributed by atoms with Crippen LogP contribution in [0.4, 0.5) is 15.8 Å². The van der Waals surface area contributed by atoms with E-state index in [1.54, 1.807) is 36.1 Å². The number of anilines is 2. The molecule has 2 aromatic carbocycles. The molecule has 1 N–H and O–H groups in total. The molecule has 28 heavy (non-hydrogen) atoms. The molecule has 8 heteroatoms. The first-order valence-electron chi connectivity index (χ1n) is 8.80. The van der Waals surface area contributed by atoms with E-state index in [0.29, 0.717) is 29.8 Å². The number of hydrogen-bond donors (Lipinski definition) is 1. The number of para-hydroxylation sites is 1. The van der Waals surface area contributed by atoms with Gasteiger partial charge < -0.3 is 10.2 Å². The molecule has 1 saturated heterocycles. The average molecular weight is 402 g/mol. The molecule has 2 aliphatic heterocycles. The molecule has 0 radical (unpaired) electrons. The third-order valence-corrected chi connectivity index (χ3v) is 5.54. The Hall–Kier alpha value is -2.93. The van der Waals surface area contributed by atoms with Gasteiger partial charge >= 0.3 is 0 Å². The fourth-order valence-corrected chi connectivity index (χ4v) is 4.04. The summed E-state index contributed by atoms with van der Waals surface area (Å²) in [6, 6.07) is 10.7. The van der Waals surface area contributed by atoms with Crippen LogP contribution in [0, 0.1) is 5.82 Å². The Kier molecular flexibility index (Phi) is 4.34. The summed E-state index contributed by atoms with van der Waals surface area (Å²) in [6.45, 7) is 1.54. The molecule has 0 aromatic heterocycles. The van der Waals surface area contributed by atoms with Crippen LogP contribution in [-0.2, 0) is 9.59 Å². The molecular formula is C20H17ClFN3O3. The van der Waals surface area contributed by atoms with Crippen molar-refractivity contribution < 1.29 is 18.8 Å². The number of nitrogens with one attached hydrogen (secondary N) is 1. The van der Waals surface area contributed by atoms with Crippen molar-refractivity contribution in [2.45, 2.75) is 25.4 Å². The van der Waals surface area contributed by atoms with Crippen LogP contribution in [0.2, 0.25) is 5.02 Å². The van der Waals surface area contributed by atoms with Crippen LogP contribution in [0.15, 0.2) is 42.5 Å². The van der Waals surface area contributed by atoms with Crippen LogP contribution in [0.3, 0.4) is 0 Å². The van der Waals surface area contributed by atoms with Crippen LogP contribution in [-0.4, -0.2) is 34.8 Å². The van der Waals surface area contributed by atoms with Crippen molar-refractivity contribution in [1.82, 2.24) is 4.90 Å². The highest BCUT2D eigenvalue weighted by Gasteiger charge is 2.53. The molecule has 0 bridgehead atoms. The molecule has 1 unspecified atom stereocenters. The van der Waals surface area contributed by atoms with Gasteiger partial charge in [0.15, 0.2) is 0 Å². The normalized spacial score (nSPS) is 20.8. The minimum atomic E-state index is -0.916. The van der Waals surface area contributed by atoms with Crippen LogP contribution >= 0.6 is 11.6 Å². The van der Waals surface area contributed by atoms with Gasteiger partial charge in [-0.25, -0.2) is 4.39 Å². The van der Waals surface area contributed by atoms with E-state index in [1.807, 2.05) is 0 Å². The van der Waals surface area contributed by atoms with Crippen LogP contribution in [0.25, 0.3) is 0 Å². The van der Waals surface area contributed by atoms with E-state index in [0.717, 1.165) is 6.07 Å². The molecule has 2 heterocycles. The summed E-state index contributed by atoms with van der Waals surface area (Å²) >= 11 is 5.74. The van der Waals surface area contributed by atoms with E-state index in [2.05, 4.69) is 5.32 Å². The second-order valence-electron chi connectivity index (χ2n) is 7.03. The lowest BCUT2D eigenvalue weighted by Crippen LogP contribution is -2.63. The first-order chi connectivity index (χ1) is 13.3. The summed E-state index contributed by atoms with van der Waals surface area (Å²) < 4.78 is 13.3. The maximum atomic E-state index is 13.3. The molecule has 0 aliphatic carbocycles. The average Bonchev–Trinajstić information content (AvgIpc) is 2.97. The summed E-state index contributed by atoms with van der Waals surface area (Å²) in [4.78, 5) is 41.2. The molecule has 6 nitrogen and oxygen atoms in total. The number of nitrogens with zero attached hydrogens (tertiary/aromatic N) is 2. The highest BCUT2D eigenvalue weighted by atomic mass is 35.5. The lowest BCUT2D eigenvalue weighted by atomic mass is 9.98. The monoisotopic (exact) mass is 401 g/mol. The van der Waals surface area contributed by atoms with Gasteiger partial charge in [0.05, 0.1) is 16.3 Å². The lowest BCUT2D eigenvalue weighted by molar-refractivity contribution is -0.120. The van der Waals surface area contributed by atoms with Gasteiger partial charge in [0.2, 0.25) is 11.8 Å². The molecule has 144 valence electrons. The number of benzene rings is 2. The number of fused-ring (bicyclic) bond motifs is 3. The predicted octanol–water partition coefficient (Wildman–Crippen LogP) is 3.42. The van der Waals surface area contributed by atoms with Gasteiger partial charge in [0, 0.05) is 12.1 Å². The van der Waals surface area contributed by atoms with Gasteiger partial charge in [-0.1, -0.05) is 23.7 Å². The quantitative estimate of drug-likeness (QED) is 0.856. The minimum Gasteiger partial charge on any atom is -0.324 e. The predicted molar refractivity (Wildman–Crippen MR) is 103 cm³/mol. The maximum Gasteiger partial charge on any atom is 0.258 e. The third-order valence-electron chi connectivity index (χ3n) is 5.25. The maximum absolute atomic E-state index is 13.3. The molecule has 2 aromatic rings. The largest absolute Gasteiger partial charge is 0.324 e. The molecule has 4 rings (SSSR count). The van der Waals surface area contributed by atoms with Crippen molar-refractivity contribution >= 4 is 40.7 Å². The van der Waals surface area contributed by atoms with Crippen molar-refractivity contribution in [2.24, 2.45) is 0 Å². The zero-order chi connectivity index (χ0) is 20.1. The SMILES string of the molecule is CC12CCC(=O)N1c1ccccc1C(=O)N2CC(=O)Nc1ccc(F)c(Cl)c1. The van der Waals surface area contributed by atoms with Crippen molar-refractivity contribution in [1.29, 1.82) is 0 Å². The van der Waals surface area contributed by atoms with E-state index in [9.17, 15) is 18.8 Å². The first kappa shape index (κ1) is 18.4. The van der Waals surface area contributed by atoms with E-state index in [4.69, 9.17) is 11.6 Å². The number of halogens is 2. The topological polar surface area (TPSA) is 69.7 Å². The van der Waals surface area contributed by atoms with E-state index >= 15 is 0 Å². The third kappa shape index (κ3) is 2.82. The van der Waals surface area contributed by atoms with Crippen molar-refractivity contribution in [3.05, 3.63) is 58.9 Å². The van der Waals surface area contributed by atoms with Gasteiger partial charge in [-0.2, -0.15) is 0 Å². The molecule has 2 aliphatic rings. The standard InChI is InChI=1S/C20H17ClFN3O3/c1-20-9-8-18(27)25(20)16-5-3-2-4-13(16)19(28)24(20)11-17(26)23-12-6-7-15(22)14(21)10-12/h2-7,10H,8-9,11H2,1H3,(H,23,26). The first-order valence-corrected chi connectivity index (χ1v) is 9.18. The highest BCUT2D eigenvalue weighted by molar-refractivity contribution is 6.31. The second-order valence-corrected chi connectivity index (χ2v) is 7.44.